The largest absolute Gasteiger partial charge is 0.457 e. The topological polar surface area (TPSA) is 50.4 Å². The molecule has 0 saturated heterocycles. The van der Waals surface area contributed by atoms with E-state index in [1.165, 1.54) is 12.1 Å². The van der Waals surface area contributed by atoms with Crippen LogP contribution in [0, 0.1) is 5.82 Å². The van der Waals surface area contributed by atoms with Crippen molar-refractivity contribution in [3.8, 4) is 0 Å². The number of nitrogens with one attached hydrogen (secondary N) is 2. The zero-order valence-corrected chi connectivity index (χ0v) is 11.7. The number of halogens is 1. The van der Waals surface area contributed by atoms with Crippen LogP contribution in [-0.4, -0.2) is 11.1 Å². The summed E-state index contributed by atoms with van der Waals surface area (Å²) < 4.78 is 17.8. The monoisotopic (exact) mass is 302 g/mol. The average molecular weight is 302 g/mol. The van der Waals surface area contributed by atoms with Gasteiger partial charge in [-0.2, -0.15) is 0 Å². The second-order valence-corrected chi connectivity index (χ2v) is 4.94. The van der Waals surface area contributed by atoms with Gasteiger partial charge in [-0.05, 0) is 48.6 Å². The SMILES string of the molecule is O=C1OCc2ccc(NC(=S)Nc3ccc(F)cc3)cc21. The molecule has 0 radical (unpaired) electrons. The minimum atomic E-state index is -0.328. The van der Waals surface area contributed by atoms with Crippen molar-refractivity contribution in [1.82, 2.24) is 0 Å². The average Bonchev–Trinajstić information content (AvgIpc) is 2.83. The van der Waals surface area contributed by atoms with Crippen LogP contribution in [0.5, 0.6) is 0 Å². The molecule has 0 saturated carbocycles. The third kappa shape index (κ3) is 3.00. The first-order valence-corrected chi connectivity index (χ1v) is 6.66. The maximum absolute atomic E-state index is 12.8. The van der Waals surface area contributed by atoms with Crippen molar-refractivity contribution >= 4 is 34.7 Å². The van der Waals surface area contributed by atoms with Crippen LogP contribution in [0.3, 0.4) is 0 Å². The van der Waals surface area contributed by atoms with E-state index in [4.69, 9.17) is 17.0 Å². The van der Waals surface area contributed by atoms with Gasteiger partial charge in [-0.1, -0.05) is 6.07 Å². The first-order chi connectivity index (χ1) is 10.1. The molecule has 1 heterocycles. The Bertz CT molecular complexity index is 716. The van der Waals surface area contributed by atoms with E-state index in [-0.39, 0.29) is 11.8 Å². The van der Waals surface area contributed by atoms with Crippen molar-refractivity contribution in [2.24, 2.45) is 0 Å². The number of benzene rings is 2. The molecule has 6 heteroatoms. The summed E-state index contributed by atoms with van der Waals surface area (Å²) in [7, 11) is 0. The number of carbonyl (C=O) groups is 1. The summed E-state index contributed by atoms with van der Waals surface area (Å²) in [5, 5.41) is 6.26. The summed E-state index contributed by atoms with van der Waals surface area (Å²) in [5.41, 5.74) is 2.77. The van der Waals surface area contributed by atoms with Crippen molar-refractivity contribution in [2.45, 2.75) is 6.61 Å². The maximum Gasteiger partial charge on any atom is 0.338 e. The van der Waals surface area contributed by atoms with Crippen LogP contribution >= 0.6 is 12.2 Å². The van der Waals surface area contributed by atoms with Crippen molar-refractivity contribution in [3.63, 3.8) is 0 Å². The molecule has 0 unspecified atom stereocenters. The molecule has 21 heavy (non-hydrogen) atoms. The molecule has 0 fully saturated rings. The molecule has 4 nitrogen and oxygen atoms in total. The summed E-state index contributed by atoms with van der Waals surface area (Å²) in [4.78, 5) is 11.5. The van der Waals surface area contributed by atoms with Gasteiger partial charge in [0.15, 0.2) is 5.11 Å². The fourth-order valence-electron chi connectivity index (χ4n) is 2.02. The van der Waals surface area contributed by atoms with Gasteiger partial charge in [-0.3, -0.25) is 0 Å². The first kappa shape index (κ1) is 13.5. The predicted octanol–water partition coefficient (Wildman–Crippen LogP) is 3.31. The van der Waals surface area contributed by atoms with E-state index in [9.17, 15) is 9.18 Å². The first-order valence-electron chi connectivity index (χ1n) is 6.25. The van der Waals surface area contributed by atoms with Crippen molar-refractivity contribution < 1.29 is 13.9 Å². The molecule has 0 bridgehead atoms. The number of hydrogen-bond donors (Lipinski definition) is 2. The Hall–Kier alpha value is -2.47. The normalized spacial score (nSPS) is 12.5. The summed E-state index contributed by atoms with van der Waals surface area (Å²) in [5.74, 6) is -0.636. The molecule has 0 aromatic heterocycles. The fourth-order valence-corrected chi connectivity index (χ4v) is 2.25. The molecule has 2 aromatic carbocycles. The fraction of sp³-hybridized carbons (Fsp3) is 0.0667. The molecular weight excluding hydrogens is 291 g/mol. The van der Waals surface area contributed by atoms with Crippen LogP contribution in [0.15, 0.2) is 42.5 Å². The molecule has 106 valence electrons. The van der Waals surface area contributed by atoms with Gasteiger partial charge in [-0.25, -0.2) is 9.18 Å². The molecule has 2 N–H and O–H groups in total. The molecule has 0 atom stereocenters. The molecule has 1 aliphatic heterocycles. The van der Waals surface area contributed by atoms with E-state index < -0.39 is 0 Å². The lowest BCUT2D eigenvalue weighted by Gasteiger charge is -2.11. The zero-order valence-electron chi connectivity index (χ0n) is 10.9. The Kier molecular flexibility index (Phi) is 3.53. The molecule has 0 amide bonds. The molecule has 0 aliphatic carbocycles. The van der Waals surface area contributed by atoms with Crippen molar-refractivity contribution in [3.05, 3.63) is 59.4 Å². The summed E-state index contributed by atoms with van der Waals surface area (Å²) in [6, 6.07) is 11.2. The Morgan fingerprint density at radius 1 is 1.10 bits per heavy atom. The van der Waals surface area contributed by atoms with E-state index in [0.717, 1.165) is 5.56 Å². The number of anilines is 2. The summed E-state index contributed by atoms with van der Waals surface area (Å²) >= 11 is 5.18. The third-order valence-corrected chi connectivity index (χ3v) is 3.25. The Morgan fingerprint density at radius 2 is 1.76 bits per heavy atom. The van der Waals surface area contributed by atoms with Gasteiger partial charge in [-0.15, -0.1) is 0 Å². The highest BCUT2D eigenvalue weighted by molar-refractivity contribution is 7.80. The second-order valence-electron chi connectivity index (χ2n) is 4.53. The number of carbonyl (C=O) groups excluding carboxylic acids is 1. The number of thiocarbonyl (C=S) groups is 1. The number of rotatable bonds is 2. The van der Waals surface area contributed by atoms with Crippen molar-refractivity contribution in [1.29, 1.82) is 0 Å². The smallest absolute Gasteiger partial charge is 0.338 e. The lowest BCUT2D eigenvalue weighted by Crippen LogP contribution is -2.19. The molecular formula is C15H11FN2O2S. The summed E-state index contributed by atoms with van der Waals surface area (Å²) in [6.07, 6.45) is 0. The molecule has 0 spiro atoms. The van der Waals surface area contributed by atoms with E-state index in [0.29, 0.717) is 28.7 Å². The number of esters is 1. The molecule has 2 aromatic rings. The molecule has 3 rings (SSSR count). The van der Waals surface area contributed by atoms with Crippen LogP contribution in [0.1, 0.15) is 15.9 Å². The van der Waals surface area contributed by atoms with Gasteiger partial charge < -0.3 is 15.4 Å². The van der Waals surface area contributed by atoms with Gasteiger partial charge in [0.2, 0.25) is 0 Å². The Morgan fingerprint density at radius 3 is 2.52 bits per heavy atom. The maximum atomic E-state index is 12.8. The lowest BCUT2D eigenvalue weighted by molar-refractivity contribution is 0.0535. The van der Waals surface area contributed by atoms with Crippen LogP contribution in [-0.2, 0) is 11.3 Å². The van der Waals surface area contributed by atoms with E-state index in [2.05, 4.69) is 10.6 Å². The van der Waals surface area contributed by atoms with Crippen LogP contribution in [0.4, 0.5) is 15.8 Å². The Labute approximate surface area is 125 Å². The van der Waals surface area contributed by atoms with Gasteiger partial charge in [0.05, 0.1) is 5.56 Å². The quantitative estimate of drug-likeness (QED) is 0.658. The number of ether oxygens (including phenoxy) is 1. The van der Waals surface area contributed by atoms with Crippen LogP contribution < -0.4 is 10.6 Å². The highest BCUT2D eigenvalue weighted by Gasteiger charge is 2.21. The second kappa shape index (κ2) is 5.49. The lowest BCUT2D eigenvalue weighted by atomic mass is 10.1. The number of hydrogen-bond acceptors (Lipinski definition) is 3. The third-order valence-electron chi connectivity index (χ3n) is 3.05. The zero-order chi connectivity index (χ0) is 14.8. The van der Waals surface area contributed by atoms with E-state index >= 15 is 0 Å². The number of cyclic esters (lactones) is 1. The minimum absolute atomic E-state index is 0.309. The van der Waals surface area contributed by atoms with Gasteiger partial charge in [0.25, 0.3) is 0 Å². The highest BCUT2D eigenvalue weighted by Crippen LogP contribution is 2.23. The minimum Gasteiger partial charge on any atom is -0.457 e. The molecule has 1 aliphatic rings. The summed E-state index contributed by atoms with van der Waals surface area (Å²) in [6.45, 7) is 0.312. The van der Waals surface area contributed by atoms with Gasteiger partial charge >= 0.3 is 5.97 Å². The number of fused-ring (bicyclic) bond motifs is 1. The predicted molar refractivity (Wildman–Crippen MR) is 81.8 cm³/mol. The van der Waals surface area contributed by atoms with Crippen LogP contribution in [0.25, 0.3) is 0 Å². The van der Waals surface area contributed by atoms with Gasteiger partial charge in [0, 0.05) is 16.9 Å². The Balaban J connectivity index is 1.69. The van der Waals surface area contributed by atoms with Crippen molar-refractivity contribution in [2.75, 3.05) is 10.6 Å². The van der Waals surface area contributed by atoms with E-state index in [1.54, 1.807) is 18.2 Å². The van der Waals surface area contributed by atoms with Gasteiger partial charge in [0.1, 0.15) is 12.4 Å². The van der Waals surface area contributed by atoms with E-state index in [1.807, 2.05) is 12.1 Å². The highest BCUT2D eigenvalue weighted by atomic mass is 32.1. The standard InChI is InChI=1S/C15H11FN2O2S/c16-10-2-5-11(6-3-10)17-15(21)18-12-4-1-9-8-20-14(19)13(9)7-12/h1-7H,8H2,(H2,17,18,21). The van der Waals surface area contributed by atoms with Crippen LogP contribution in [0.2, 0.25) is 0 Å².